The molecule has 3 aromatic carbocycles. The number of ether oxygens (including phenoxy) is 1. The highest BCUT2D eigenvalue weighted by Gasteiger charge is 2.13. The molecule has 0 saturated carbocycles. The van der Waals surface area contributed by atoms with Crippen molar-refractivity contribution in [3.8, 4) is 5.75 Å². The van der Waals surface area contributed by atoms with Gasteiger partial charge in [-0.2, -0.15) is 0 Å². The van der Waals surface area contributed by atoms with Gasteiger partial charge in [0.1, 0.15) is 5.75 Å². The summed E-state index contributed by atoms with van der Waals surface area (Å²) >= 11 is 0. The molecule has 1 amide bonds. The SMILES string of the molecule is COc1ccc2ccc(C(CO)NC(=O)/C=C/c3cccc(F)c3F)cc2c1. The number of rotatable bonds is 6. The van der Waals surface area contributed by atoms with E-state index in [9.17, 15) is 18.7 Å². The van der Waals surface area contributed by atoms with Crippen LogP contribution in [0.1, 0.15) is 17.2 Å². The Morgan fingerprint density at radius 2 is 1.93 bits per heavy atom. The van der Waals surface area contributed by atoms with Gasteiger partial charge in [0.2, 0.25) is 5.91 Å². The molecule has 4 nitrogen and oxygen atoms in total. The van der Waals surface area contributed by atoms with Crippen LogP contribution < -0.4 is 10.1 Å². The lowest BCUT2D eigenvalue weighted by molar-refractivity contribution is -0.117. The normalized spacial score (nSPS) is 12.3. The molecule has 0 aliphatic carbocycles. The summed E-state index contributed by atoms with van der Waals surface area (Å²) in [6.45, 7) is -0.316. The zero-order valence-electron chi connectivity index (χ0n) is 15.2. The fraction of sp³-hybridized carbons (Fsp3) is 0.136. The average molecular weight is 383 g/mol. The Kier molecular flexibility index (Phi) is 6.01. The van der Waals surface area contributed by atoms with Crippen LogP contribution >= 0.6 is 0 Å². The van der Waals surface area contributed by atoms with Gasteiger partial charge in [-0.1, -0.05) is 30.3 Å². The highest BCUT2D eigenvalue weighted by molar-refractivity contribution is 5.92. The van der Waals surface area contributed by atoms with Gasteiger partial charge in [0, 0.05) is 11.6 Å². The Morgan fingerprint density at radius 3 is 2.68 bits per heavy atom. The van der Waals surface area contributed by atoms with Crippen molar-refractivity contribution < 1.29 is 23.4 Å². The predicted octanol–water partition coefficient (Wildman–Crippen LogP) is 3.99. The number of halogens is 2. The van der Waals surface area contributed by atoms with Crippen LogP contribution in [0.5, 0.6) is 5.75 Å². The minimum atomic E-state index is -1.02. The van der Waals surface area contributed by atoms with Gasteiger partial charge >= 0.3 is 0 Å². The first-order valence-corrected chi connectivity index (χ1v) is 8.63. The van der Waals surface area contributed by atoms with Gasteiger partial charge in [-0.25, -0.2) is 8.78 Å². The molecule has 6 heteroatoms. The number of nitrogens with one attached hydrogen (secondary N) is 1. The number of aliphatic hydroxyl groups is 1. The monoisotopic (exact) mass is 383 g/mol. The fourth-order valence-electron chi connectivity index (χ4n) is 2.86. The molecule has 0 aromatic heterocycles. The van der Waals surface area contributed by atoms with Crippen molar-refractivity contribution in [2.45, 2.75) is 6.04 Å². The van der Waals surface area contributed by atoms with E-state index in [4.69, 9.17) is 4.74 Å². The summed E-state index contributed by atoms with van der Waals surface area (Å²) in [5, 5.41) is 14.3. The van der Waals surface area contributed by atoms with E-state index >= 15 is 0 Å². The maximum atomic E-state index is 13.6. The summed E-state index contributed by atoms with van der Waals surface area (Å²) in [7, 11) is 1.58. The van der Waals surface area contributed by atoms with E-state index in [0.717, 1.165) is 22.9 Å². The molecule has 0 radical (unpaired) electrons. The lowest BCUT2D eigenvalue weighted by Gasteiger charge is -2.16. The maximum absolute atomic E-state index is 13.6. The van der Waals surface area contributed by atoms with Crippen LogP contribution in [0.2, 0.25) is 0 Å². The van der Waals surface area contributed by atoms with Crippen molar-refractivity contribution in [1.29, 1.82) is 0 Å². The van der Waals surface area contributed by atoms with Crippen LogP contribution in [0.3, 0.4) is 0 Å². The van der Waals surface area contributed by atoms with Crippen LogP contribution in [0, 0.1) is 11.6 Å². The minimum absolute atomic E-state index is 0.0338. The summed E-state index contributed by atoms with van der Waals surface area (Å²) in [6.07, 6.45) is 2.29. The Morgan fingerprint density at radius 1 is 1.14 bits per heavy atom. The molecule has 0 saturated heterocycles. The molecular formula is C22H19F2NO3. The van der Waals surface area contributed by atoms with E-state index in [1.165, 1.54) is 18.2 Å². The highest BCUT2D eigenvalue weighted by Crippen LogP contribution is 2.24. The quantitative estimate of drug-likeness (QED) is 0.633. The van der Waals surface area contributed by atoms with Gasteiger partial charge in [0.05, 0.1) is 19.8 Å². The van der Waals surface area contributed by atoms with E-state index in [1.54, 1.807) is 7.11 Å². The van der Waals surface area contributed by atoms with Crippen LogP contribution in [-0.4, -0.2) is 24.7 Å². The number of hydrogen-bond donors (Lipinski definition) is 2. The van der Waals surface area contributed by atoms with Crippen molar-refractivity contribution in [3.63, 3.8) is 0 Å². The second kappa shape index (κ2) is 8.63. The summed E-state index contributed by atoms with van der Waals surface area (Å²) in [5.41, 5.74) is 0.676. The molecule has 0 bridgehead atoms. The van der Waals surface area contributed by atoms with Crippen LogP contribution in [0.4, 0.5) is 8.78 Å². The molecule has 0 heterocycles. The molecule has 1 unspecified atom stereocenters. The Bertz CT molecular complexity index is 1030. The standard InChI is InChI=1S/C22H19F2NO3/c1-28-18-9-7-14-5-6-16(11-17(14)12-18)20(13-26)25-21(27)10-8-15-3-2-4-19(23)22(15)24/h2-12,20,26H,13H2,1H3,(H,25,27)/b10-8+. The smallest absolute Gasteiger partial charge is 0.244 e. The van der Waals surface area contributed by atoms with Crippen molar-refractivity contribution in [3.05, 3.63) is 83.4 Å². The Labute approximate surface area is 161 Å². The lowest BCUT2D eigenvalue weighted by atomic mass is 10.0. The third-order valence-electron chi connectivity index (χ3n) is 4.37. The van der Waals surface area contributed by atoms with E-state index in [0.29, 0.717) is 11.3 Å². The number of carbonyl (C=O) groups excluding carboxylic acids is 1. The first-order valence-electron chi connectivity index (χ1n) is 8.63. The van der Waals surface area contributed by atoms with Crippen LogP contribution in [0.25, 0.3) is 16.8 Å². The molecule has 0 aliphatic rings. The van der Waals surface area contributed by atoms with E-state index in [-0.39, 0.29) is 12.2 Å². The largest absolute Gasteiger partial charge is 0.497 e. The van der Waals surface area contributed by atoms with Gasteiger partial charge < -0.3 is 15.2 Å². The molecule has 3 aromatic rings. The lowest BCUT2D eigenvalue weighted by Crippen LogP contribution is -2.29. The molecular weight excluding hydrogens is 364 g/mol. The average Bonchev–Trinajstić information content (AvgIpc) is 2.72. The summed E-state index contributed by atoms with van der Waals surface area (Å²) in [6, 6.07) is 14.3. The van der Waals surface area contributed by atoms with Gasteiger partial charge in [0.15, 0.2) is 11.6 Å². The topological polar surface area (TPSA) is 58.6 Å². The van der Waals surface area contributed by atoms with Gasteiger partial charge in [-0.15, -0.1) is 0 Å². The van der Waals surface area contributed by atoms with E-state index in [2.05, 4.69) is 5.32 Å². The number of fused-ring (bicyclic) bond motifs is 1. The zero-order valence-corrected chi connectivity index (χ0v) is 15.2. The third-order valence-corrected chi connectivity index (χ3v) is 4.37. The highest BCUT2D eigenvalue weighted by atomic mass is 19.2. The molecule has 3 rings (SSSR count). The molecule has 1 atom stereocenters. The van der Waals surface area contributed by atoms with Crippen LogP contribution in [0.15, 0.2) is 60.7 Å². The van der Waals surface area contributed by atoms with Crippen molar-refractivity contribution in [2.24, 2.45) is 0 Å². The summed E-state index contributed by atoms with van der Waals surface area (Å²) < 4.78 is 32.1. The predicted molar refractivity (Wildman–Crippen MR) is 104 cm³/mol. The number of amides is 1. The molecule has 0 fully saturated rings. The first kappa shape index (κ1) is 19.5. The fourth-order valence-corrected chi connectivity index (χ4v) is 2.86. The van der Waals surface area contributed by atoms with E-state index in [1.807, 2.05) is 36.4 Å². The Balaban J connectivity index is 1.77. The number of carbonyl (C=O) groups is 1. The number of aliphatic hydroxyl groups excluding tert-OH is 1. The van der Waals surface area contributed by atoms with Crippen LogP contribution in [-0.2, 0) is 4.79 Å². The third kappa shape index (κ3) is 4.35. The molecule has 0 spiro atoms. The summed E-state index contributed by atoms with van der Waals surface area (Å²) in [5.74, 6) is -1.83. The van der Waals surface area contributed by atoms with Crippen molar-refractivity contribution >= 4 is 22.8 Å². The Hall–Kier alpha value is -3.25. The second-order valence-electron chi connectivity index (χ2n) is 6.19. The second-order valence-corrected chi connectivity index (χ2v) is 6.19. The number of methoxy groups -OCH3 is 1. The maximum Gasteiger partial charge on any atom is 0.244 e. The van der Waals surface area contributed by atoms with Gasteiger partial charge in [-0.05, 0) is 46.7 Å². The number of hydrogen-bond acceptors (Lipinski definition) is 3. The van der Waals surface area contributed by atoms with Crippen molar-refractivity contribution in [1.82, 2.24) is 5.32 Å². The molecule has 144 valence electrons. The van der Waals surface area contributed by atoms with E-state index < -0.39 is 23.6 Å². The molecule has 2 N–H and O–H groups in total. The number of benzene rings is 3. The van der Waals surface area contributed by atoms with Gasteiger partial charge in [-0.3, -0.25) is 4.79 Å². The van der Waals surface area contributed by atoms with Crippen molar-refractivity contribution in [2.75, 3.05) is 13.7 Å². The zero-order chi connectivity index (χ0) is 20.1. The summed E-state index contributed by atoms with van der Waals surface area (Å²) in [4.78, 5) is 12.2. The minimum Gasteiger partial charge on any atom is -0.497 e. The molecule has 28 heavy (non-hydrogen) atoms. The first-order chi connectivity index (χ1) is 13.5. The van der Waals surface area contributed by atoms with Gasteiger partial charge in [0.25, 0.3) is 0 Å². The molecule has 0 aliphatic heterocycles.